The van der Waals surface area contributed by atoms with Gasteiger partial charge >= 0.3 is 0 Å². The van der Waals surface area contributed by atoms with Crippen LogP contribution in [0.3, 0.4) is 0 Å². The third kappa shape index (κ3) is 2.41. The monoisotopic (exact) mass is 272 g/mol. The lowest BCUT2D eigenvalue weighted by Crippen LogP contribution is -2.41. The molecule has 3 nitrogen and oxygen atoms in total. The van der Waals surface area contributed by atoms with Crippen LogP contribution in [0.4, 0.5) is 5.69 Å². The Labute approximate surface area is 121 Å². The molecular formula is C17H24N2O. The first-order chi connectivity index (χ1) is 9.67. The average molecular weight is 272 g/mol. The molecule has 3 heteroatoms. The van der Waals surface area contributed by atoms with Crippen molar-refractivity contribution in [3.63, 3.8) is 0 Å². The van der Waals surface area contributed by atoms with Gasteiger partial charge in [-0.2, -0.15) is 0 Å². The van der Waals surface area contributed by atoms with Crippen molar-refractivity contribution in [3.8, 4) is 0 Å². The van der Waals surface area contributed by atoms with Gasteiger partial charge in [-0.25, -0.2) is 0 Å². The minimum Gasteiger partial charge on any atom is -0.399 e. The van der Waals surface area contributed by atoms with Crippen molar-refractivity contribution in [1.29, 1.82) is 0 Å². The zero-order chi connectivity index (χ0) is 14.2. The van der Waals surface area contributed by atoms with Crippen molar-refractivity contribution >= 4 is 11.6 Å². The van der Waals surface area contributed by atoms with E-state index in [9.17, 15) is 4.79 Å². The normalized spacial score (nSPS) is 19.6. The lowest BCUT2D eigenvalue weighted by atomic mass is 9.93. The maximum Gasteiger partial charge on any atom is 0.233 e. The van der Waals surface area contributed by atoms with E-state index < -0.39 is 0 Å². The molecule has 108 valence electrons. The summed E-state index contributed by atoms with van der Waals surface area (Å²) in [5.41, 5.74) is 7.44. The van der Waals surface area contributed by atoms with Crippen molar-refractivity contribution in [2.45, 2.75) is 56.9 Å². The topological polar surface area (TPSA) is 46.3 Å². The van der Waals surface area contributed by atoms with E-state index in [1.165, 1.54) is 12.8 Å². The fourth-order valence-corrected chi connectivity index (χ4v) is 2.99. The highest BCUT2D eigenvalue weighted by molar-refractivity contribution is 5.91. The lowest BCUT2D eigenvalue weighted by molar-refractivity contribution is -0.134. The molecule has 20 heavy (non-hydrogen) atoms. The van der Waals surface area contributed by atoms with E-state index in [0.717, 1.165) is 43.5 Å². The largest absolute Gasteiger partial charge is 0.399 e. The average Bonchev–Trinajstić information content (AvgIpc) is 3.33. The quantitative estimate of drug-likeness (QED) is 0.809. The van der Waals surface area contributed by atoms with Gasteiger partial charge in [0.15, 0.2) is 0 Å². The summed E-state index contributed by atoms with van der Waals surface area (Å²) in [6, 6.07) is 8.41. The Bertz CT molecular complexity index is 486. The van der Waals surface area contributed by atoms with Crippen molar-refractivity contribution in [1.82, 2.24) is 4.90 Å². The van der Waals surface area contributed by atoms with Crippen molar-refractivity contribution < 1.29 is 4.79 Å². The second kappa shape index (κ2) is 5.12. The molecule has 0 aliphatic heterocycles. The van der Waals surface area contributed by atoms with Gasteiger partial charge in [-0.1, -0.05) is 25.5 Å². The molecule has 0 saturated heterocycles. The minimum atomic E-state index is -0.232. The van der Waals surface area contributed by atoms with Crippen molar-refractivity contribution in [2.24, 2.45) is 0 Å². The first-order valence-corrected chi connectivity index (χ1v) is 7.84. The summed E-state index contributed by atoms with van der Waals surface area (Å²) in [5.74, 6) is 0.359. The third-order valence-electron chi connectivity index (χ3n) is 4.62. The molecule has 0 unspecified atom stereocenters. The van der Waals surface area contributed by atoms with Gasteiger partial charge in [0, 0.05) is 18.3 Å². The molecule has 0 spiro atoms. The van der Waals surface area contributed by atoms with Gasteiger partial charge in [0.25, 0.3) is 0 Å². The van der Waals surface area contributed by atoms with Crippen LogP contribution < -0.4 is 5.73 Å². The highest BCUT2D eigenvalue weighted by Gasteiger charge is 2.54. The van der Waals surface area contributed by atoms with Crippen LogP contribution in [0, 0.1) is 0 Å². The number of unbranched alkanes of at least 4 members (excludes halogenated alkanes) is 1. The Morgan fingerprint density at radius 2 is 1.95 bits per heavy atom. The van der Waals surface area contributed by atoms with Crippen LogP contribution in [0.15, 0.2) is 24.3 Å². The number of nitrogens with two attached hydrogens (primary N) is 1. The standard InChI is InChI=1S/C17H24N2O/c1-2-3-12-19(15-8-9-15)16(20)17(10-11-17)13-4-6-14(18)7-5-13/h4-7,15H,2-3,8-12,18H2,1H3. The number of nitrogen functional groups attached to an aromatic ring is 1. The number of carbonyl (C=O) groups is 1. The lowest BCUT2D eigenvalue weighted by Gasteiger charge is -2.27. The fourth-order valence-electron chi connectivity index (χ4n) is 2.99. The van der Waals surface area contributed by atoms with Crippen LogP contribution in [0.2, 0.25) is 0 Å². The second-order valence-corrected chi connectivity index (χ2v) is 6.29. The number of nitrogens with zero attached hydrogens (tertiary/aromatic N) is 1. The molecule has 0 aromatic heterocycles. The van der Waals surface area contributed by atoms with E-state index in [-0.39, 0.29) is 5.41 Å². The highest BCUT2D eigenvalue weighted by Crippen LogP contribution is 2.51. The Hall–Kier alpha value is -1.51. The smallest absolute Gasteiger partial charge is 0.233 e. The van der Waals surface area contributed by atoms with Crippen LogP contribution in [-0.4, -0.2) is 23.4 Å². The Kier molecular flexibility index (Phi) is 3.45. The van der Waals surface area contributed by atoms with Gasteiger partial charge in [0.1, 0.15) is 0 Å². The van der Waals surface area contributed by atoms with Crippen molar-refractivity contribution in [2.75, 3.05) is 12.3 Å². The maximum absolute atomic E-state index is 13.0. The molecule has 3 rings (SSSR count). The van der Waals surface area contributed by atoms with Gasteiger partial charge in [-0.15, -0.1) is 0 Å². The van der Waals surface area contributed by atoms with Gasteiger partial charge in [-0.3, -0.25) is 4.79 Å². The summed E-state index contributed by atoms with van der Waals surface area (Å²) in [4.78, 5) is 15.2. The predicted molar refractivity (Wildman–Crippen MR) is 81.4 cm³/mol. The number of carbonyl (C=O) groups excluding carboxylic acids is 1. The fraction of sp³-hybridized carbons (Fsp3) is 0.588. The first-order valence-electron chi connectivity index (χ1n) is 7.84. The molecule has 0 radical (unpaired) electrons. The number of amides is 1. The summed E-state index contributed by atoms with van der Waals surface area (Å²) in [7, 11) is 0. The molecule has 2 saturated carbocycles. The number of hydrogen-bond donors (Lipinski definition) is 1. The molecule has 0 atom stereocenters. The number of rotatable bonds is 6. The number of hydrogen-bond acceptors (Lipinski definition) is 2. The van der Waals surface area contributed by atoms with Crippen LogP contribution in [0.1, 0.15) is 51.0 Å². The van der Waals surface area contributed by atoms with Crippen LogP contribution in [0.5, 0.6) is 0 Å². The Balaban J connectivity index is 1.79. The molecule has 0 heterocycles. The molecule has 2 fully saturated rings. The van der Waals surface area contributed by atoms with E-state index in [1.54, 1.807) is 0 Å². The number of benzene rings is 1. The predicted octanol–water partition coefficient (Wildman–Crippen LogP) is 3.09. The summed E-state index contributed by atoms with van der Waals surface area (Å²) < 4.78 is 0. The zero-order valence-electron chi connectivity index (χ0n) is 12.3. The SMILES string of the molecule is CCCCN(C(=O)C1(c2ccc(N)cc2)CC1)C1CC1. The molecule has 1 aromatic rings. The van der Waals surface area contributed by atoms with E-state index in [2.05, 4.69) is 11.8 Å². The Morgan fingerprint density at radius 1 is 1.30 bits per heavy atom. The first kappa shape index (κ1) is 13.5. The number of anilines is 1. The summed E-state index contributed by atoms with van der Waals surface area (Å²) in [6.07, 6.45) is 6.61. The third-order valence-corrected chi connectivity index (χ3v) is 4.62. The second-order valence-electron chi connectivity index (χ2n) is 6.29. The van der Waals surface area contributed by atoms with Crippen LogP contribution >= 0.6 is 0 Å². The van der Waals surface area contributed by atoms with Gasteiger partial charge in [0.2, 0.25) is 5.91 Å². The zero-order valence-corrected chi connectivity index (χ0v) is 12.3. The molecule has 1 amide bonds. The summed E-state index contributed by atoms with van der Waals surface area (Å²) in [5, 5.41) is 0. The van der Waals surface area contributed by atoms with E-state index in [0.29, 0.717) is 11.9 Å². The molecule has 1 aromatic carbocycles. The molecule has 2 aliphatic rings. The van der Waals surface area contributed by atoms with Gasteiger partial charge < -0.3 is 10.6 Å². The summed E-state index contributed by atoms with van der Waals surface area (Å²) in [6.45, 7) is 3.11. The molecule has 2 N–H and O–H groups in total. The molecule has 0 bridgehead atoms. The van der Waals surface area contributed by atoms with Gasteiger partial charge in [-0.05, 0) is 49.8 Å². The maximum atomic E-state index is 13.0. The van der Waals surface area contributed by atoms with E-state index in [1.807, 2.05) is 24.3 Å². The summed E-state index contributed by atoms with van der Waals surface area (Å²) >= 11 is 0. The van der Waals surface area contributed by atoms with Gasteiger partial charge in [0.05, 0.1) is 5.41 Å². The highest BCUT2D eigenvalue weighted by atomic mass is 16.2. The molecular weight excluding hydrogens is 248 g/mol. The van der Waals surface area contributed by atoms with E-state index >= 15 is 0 Å². The Morgan fingerprint density at radius 3 is 2.45 bits per heavy atom. The molecule has 2 aliphatic carbocycles. The van der Waals surface area contributed by atoms with Crippen LogP contribution in [-0.2, 0) is 10.2 Å². The van der Waals surface area contributed by atoms with Crippen LogP contribution in [0.25, 0.3) is 0 Å². The van der Waals surface area contributed by atoms with Crippen molar-refractivity contribution in [3.05, 3.63) is 29.8 Å². The van der Waals surface area contributed by atoms with E-state index in [4.69, 9.17) is 5.73 Å². The minimum absolute atomic E-state index is 0.232.